The molecule has 1 aromatic carbocycles. The molecule has 19 heavy (non-hydrogen) atoms. The molecule has 0 saturated heterocycles. The smallest absolute Gasteiger partial charge is 0.168 e. The van der Waals surface area contributed by atoms with Crippen LogP contribution in [0, 0.1) is 0 Å². The summed E-state index contributed by atoms with van der Waals surface area (Å²) in [6.45, 7) is 4.26. The average Bonchev–Trinajstić information content (AvgIpc) is 2.78. The molecule has 0 atom stereocenters. The second-order valence-corrected chi connectivity index (χ2v) is 4.82. The zero-order valence-electron chi connectivity index (χ0n) is 11.7. The summed E-state index contributed by atoms with van der Waals surface area (Å²) in [6, 6.07) is 6.00. The third kappa shape index (κ3) is 2.38. The zero-order valence-corrected chi connectivity index (χ0v) is 11.7. The van der Waals surface area contributed by atoms with Gasteiger partial charge < -0.3 is 9.30 Å². The van der Waals surface area contributed by atoms with Gasteiger partial charge in [0, 0.05) is 12.6 Å². The molecule has 2 aromatic rings. The van der Waals surface area contributed by atoms with E-state index in [9.17, 15) is 4.79 Å². The van der Waals surface area contributed by atoms with Crippen LogP contribution in [-0.4, -0.2) is 22.9 Å². The Kier molecular flexibility index (Phi) is 3.69. The maximum Gasteiger partial charge on any atom is 0.168 e. The number of carbonyl (C=O) groups excluding carboxylic acids is 1. The lowest BCUT2D eigenvalue weighted by Crippen LogP contribution is -1.97. The van der Waals surface area contributed by atoms with Gasteiger partial charge in [0.25, 0.3) is 0 Å². The number of aromatic nitrogens is 2. The predicted molar refractivity (Wildman–Crippen MR) is 74.7 cm³/mol. The second kappa shape index (κ2) is 5.26. The fourth-order valence-corrected chi connectivity index (χ4v) is 2.06. The number of benzene rings is 1. The Morgan fingerprint density at radius 1 is 1.37 bits per heavy atom. The number of rotatable bonds is 4. The van der Waals surface area contributed by atoms with Crippen molar-refractivity contribution in [2.45, 2.75) is 19.8 Å². The van der Waals surface area contributed by atoms with Gasteiger partial charge in [0.1, 0.15) is 17.1 Å². The number of hydrogen-bond donors (Lipinski definition) is 0. The Morgan fingerprint density at radius 3 is 2.68 bits per heavy atom. The van der Waals surface area contributed by atoms with Crippen LogP contribution in [0.5, 0.6) is 5.75 Å². The molecule has 0 bridgehead atoms. The van der Waals surface area contributed by atoms with Crippen molar-refractivity contribution in [2.75, 3.05) is 7.11 Å². The van der Waals surface area contributed by atoms with E-state index in [2.05, 4.69) is 18.8 Å². The normalized spacial score (nSPS) is 10.8. The average molecular weight is 258 g/mol. The van der Waals surface area contributed by atoms with Crippen molar-refractivity contribution in [1.82, 2.24) is 9.55 Å². The molecule has 1 aromatic heterocycles. The molecular formula is C15H18N2O2. The SMILES string of the molecule is COc1ccc(C(C)C)cc1-c1ncn(C)c1C=O. The fraction of sp³-hybridized carbons (Fsp3) is 0.333. The van der Waals surface area contributed by atoms with Crippen LogP contribution in [0.25, 0.3) is 11.3 Å². The summed E-state index contributed by atoms with van der Waals surface area (Å²) in [4.78, 5) is 15.5. The molecule has 0 saturated carbocycles. The first-order chi connectivity index (χ1) is 9.08. The van der Waals surface area contributed by atoms with E-state index in [1.54, 1.807) is 25.1 Å². The first-order valence-corrected chi connectivity index (χ1v) is 6.23. The summed E-state index contributed by atoms with van der Waals surface area (Å²) < 4.78 is 7.09. The number of aldehydes is 1. The van der Waals surface area contributed by atoms with E-state index < -0.39 is 0 Å². The van der Waals surface area contributed by atoms with E-state index in [1.807, 2.05) is 18.2 Å². The van der Waals surface area contributed by atoms with Crippen molar-refractivity contribution >= 4 is 6.29 Å². The van der Waals surface area contributed by atoms with Gasteiger partial charge in [-0.2, -0.15) is 0 Å². The molecule has 0 unspecified atom stereocenters. The molecule has 0 aliphatic rings. The topological polar surface area (TPSA) is 44.1 Å². The number of nitrogens with zero attached hydrogens (tertiary/aromatic N) is 2. The van der Waals surface area contributed by atoms with Crippen molar-refractivity contribution in [1.29, 1.82) is 0 Å². The lowest BCUT2D eigenvalue weighted by Gasteiger charge is -2.12. The number of hydrogen-bond acceptors (Lipinski definition) is 3. The minimum Gasteiger partial charge on any atom is -0.496 e. The monoisotopic (exact) mass is 258 g/mol. The van der Waals surface area contributed by atoms with Crippen LogP contribution in [0.1, 0.15) is 35.8 Å². The van der Waals surface area contributed by atoms with Crippen molar-refractivity contribution in [3.8, 4) is 17.0 Å². The van der Waals surface area contributed by atoms with Gasteiger partial charge in [0.15, 0.2) is 6.29 Å². The summed E-state index contributed by atoms with van der Waals surface area (Å²) in [6.07, 6.45) is 2.46. The lowest BCUT2D eigenvalue weighted by molar-refractivity contribution is 0.111. The third-order valence-corrected chi connectivity index (χ3v) is 3.24. The summed E-state index contributed by atoms with van der Waals surface area (Å²) >= 11 is 0. The standard InChI is InChI=1S/C15H18N2O2/c1-10(2)11-5-6-14(19-4)12(7-11)15-13(8-18)17(3)9-16-15/h5-10H,1-4H3. The Hall–Kier alpha value is -2.10. The molecule has 0 aliphatic heterocycles. The maximum atomic E-state index is 11.2. The van der Waals surface area contributed by atoms with Crippen LogP contribution in [0.3, 0.4) is 0 Å². The molecule has 0 spiro atoms. The van der Waals surface area contributed by atoms with Crippen molar-refractivity contribution < 1.29 is 9.53 Å². The van der Waals surface area contributed by atoms with Crippen LogP contribution < -0.4 is 4.74 Å². The number of carbonyl (C=O) groups is 1. The summed E-state index contributed by atoms with van der Waals surface area (Å²) in [5.74, 6) is 1.14. The Labute approximate surface area is 113 Å². The highest BCUT2D eigenvalue weighted by atomic mass is 16.5. The molecule has 4 heteroatoms. The largest absolute Gasteiger partial charge is 0.496 e. The quantitative estimate of drug-likeness (QED) is 0.792. The second-order valence-electron chi connectivity index (χ2n) is 4.82. The molecule has 0 amide bonds. The van der Waals surface area contributed by atoms with E-state index >= 15 is 0 Å². The molecule has 1 heterocycles. The summed E-state index contributed by atoms with van der Waals surface area (Å²) in [5, 5.41) is 0. The molecule has 0 aliphatic carbocycles. The van der Waals surface area contributed by atoms with Gasteiger partial charge in [-0.05, 0) is 23.6 Å². The molecular weight excluding hydrogens is 240 g/mol. The van der Waals surface area contributed by atoms with Gasteiger partial charge in [0.05, 0.1) is 13.4 Å². The van der Waals surface area contributed by atoms with Crippen LogP contribution in [0.2, 0.25) is 0 Å². The van der Waals surface area contributed by atoms with Gasteiger partial charge >= 0.3 is 0 Å². The predicted octanol–water partition coefficient (Wildman–Crippen LogP) is 3.03. The van der Waals surface area contributed by atoms with Crippen molar-refractivity contribution in [3.63, 3.8) is 0 Å². The minimum atomic E-state index is 0.410. The van der Waals surface area contributed by atoms with Gasteiger partial charge in [-0.3, -0.25) is 4.79 Å². The molecule has 0 fully saturated rings. The molecule has 4 nitrogen and oxygen atoms in total. The Morgan fingerprint density at radius 2 is 2.11 bits per heavy atom. The van der Waals surface area contributed by atoms with E-state index in [-0.39, 0.29) is 0 Å². The number of imidazole rings is 1. The molecule has 0 radical (unpaired) electrons. The first-order valence-electron chi connectivity index (χ1n) is 6.23. The van der Waals surface area contributed by atoms with Crippen LogP contribution >= 0.6 is 0 Å². The highest BCUT2D eigenvalue weighted by Gasteiger charge is 2.16. The first kappa shape index (κ1) is 13.3. The summed E-state index contributed by atoms with van der Waals surface area (Å²) in [7, 11) is 3.43. The lowest BCUT2D eigenvalue weighted by atomic mass is 9.98. The minimum absolute atomic E-state index is 0.410. The molecule has 100 valence electrons. The van der Waals surface area contributed by atoms with Crippen LogP contribution in [0.15, 0.2) is 24.5 Å². The van der Waals surface area contributed by atoms with Crippen molar-refractivity contribution in [2.24, 2.45) is 7.05 Å². The Balaban J connectivity index is 2.64. The van der Waals surface area contributed by atoms with E-state index in [0.29, 0.717) is 17.3 Å². The molecule has 2 rings (SSSR count). The van der Waals surface area contributed by atoms with Gasteiger partial charge in [-0.25, -0.2) is 4.98 Å². The Bertz CT molecular complexity index is 600. The van der Waals surface area contributed by atoms with Crippen molar-refractivity contribution in [3.05, 3.63) is 35.8 Å². The van der Waals surface area contributed by atoms with E-state index in [4.69, 9.17) is 4.74 Å². The number of ether oxygens (including phenoxy) is 1. The van der Waals surface area contributed by atoms with E-state index in [1.165, 1.54) is 5.56 Å². The summed E-state index contributed by atoms with van der Waals surface area (Å²) in [5.41, 5.74) is 3.27. The zero-order chi connectivity index (χ0) is 14.0. The maximum absolute atomic E-state index is 11.2. The number of methoxy groups -OCH3 is 1. The van der Waals surface area contributed by atoms with E-state index in [0.717, 1.165) is 17.6 Å². The van der Waals surface area contributed by atoms with Crippen LogP contribution in [0.4, 0.5) is 0 Å². The van der Waals surface area contributed by atoms with Gasteiger partial charge in [-0.15, -0.1) is 0 Å². The van der Waals surface area contributed by atoms with Gasteiger partial charge in [-0.1, -0.05) is 19.9 Å². The van der Waals surface area contributed by atoms with Gasteiger partial charge in [0.2, 0.25) is 0 Å². The van der Waals surface area contributed by atoms with Crippen LogP contribution in [-0.2, 0) is 7.05 Å². The highest BCUT2D eigenvalue weighted by Crippen LogP contribution is 2.33. The fourth-order valence-electron chi connectivity index (χ4n) is 2.06. The highest BCUT2D eigenvalue weighted by molar-refractivity contribution is 5.85. The third-order valence-electron chi connectivity index (χ3n) is 3.24. The number of aryl methyl sites for hydroxylation is 1. The molecule has 0 N–H and O–H groups in total.